The quantitative estimate of drug-likeness (QED) is 0.583. The van der Waals surface area contributed by atoms with Gasteiger partial charge < -0.3 is 9.88 Å². The second-order valence-corrected chi connectivity index (χ2v) is 8.09. The van der Waals surface area contributed by atoms with Gasteiger partial charge in [0, 0.05) is 30.9 Å². The molecule has 0 saturated carbocycles. The number of hydrogen-bond acceptors (Lipinski definition) is 4. The molecule has 0 aliphatic carbocycles. The van der Waals surface area contributed by atoms with Gasteiger partial charge in [0.05, 0.1) is 11.0 Å². The Morgan fingerprint density at radius 1 is 1.10 bits per heavy atom. The molecule has 1 fully saturated rings. The predicted molar refractivity (Wildman–Crippen MR) is 114 cm³/mol. The van der Waals surface area contributed by atoms with Gasteiger partial charge >= 0.3 is 5.69 Å². The molecular formula is C22H26N6O. The summed E-state index contributed by atoms with van der Waals surface area (Å²) >= 11 is 0. The first-order valence-electron chi connectivity index (χ1n) is 10.3. The number of H-pyrrole nitrogens is 1. The first kappa shape index (κ1) is 18.1. The van der Waals surface area contributed by atoms with Crippen LogP contribution in [0.1, 0.15) is 36.9 Å². The third-order valence-electron chi connectivity index (χ3n) is 6.26. The van der Waals surface area contributed by atoms with Crippen LogP contribution in [0.15, 0.2) is 35.5 Å². The number of likely N-dealkylation sites (tertiary alicyclic amines) is 1. The molecule has 1 N–H and O–H groups in total. The summed E-state index contributed by atoms with van der Waals surface area (Å²) in [7, 11) is 0. The van der Waals surface area contributed by atoms with Gasteiger partial charge in [-0.25, -0.2) is 14.3 Å². The second-order valence-electron chi connectivity index (χ2n) is 8.09. The van der Waals surface area contributed by atoms with Crippen LogP contribution in [0.3, 0.4) is 0 Å². The molecule has 0 bridgehead atoms. The molecule has 4 heterocycles. The second kappa shape index (κ2) is 6.84. The summed E-state index contributed by atoms with van der Waals surface area (Å²) in [4.78, 5) is 22.7. The molecule has 5 rings (SSSR count). The fourth-order valence-electron chi connectivity index (χ4n) is 4.73. The van der Waals surface area contributed by atoms with Gasteiger partial charge in [0.15, 0.2) is 5.65 Å². The minimum atomic E-state index is -0.00175. The fourth-order valence-corrected chi connectivity index (χ4v) is 4.73. The molecule has 150 valence electrons. The maximum absolute atomic E-state index is 12.9. The monoisotopic (exact) mass is 390 g/mol. The molecule has 1 aromatic carbocycles. The molecule has 0 amide bonds. The minimum Gasteiger partial charge on any atom is -0.305 e. The van der Waals surface area contributed by atoms with E-state index < -0.39 is 0 Å². The zero-order valence-corrected chi connectivity index (χ0v) is 17.1. The third-order valence-corrected chi connectivity index (χ3v) is 6.26. The summed E-state index contributed by atoms with van der Waals surface area (Å²) in [6.45, 7) is 9.51. The largest absolute Gasteiger partial charge is 0.326 e. The van der Waals surface area contributed by atoms with E-state index in [2.05, 4.69) is 52.0 Å². The summed E-state index contributed by atoms with van der Waals surface area (Å²) in [6, 6.07) is 6.64. The van der Waals surface area contributed by atoms with Crippen LogP contribution < -0.4 is 5.69 Å². The molecule has 0 radical (unpaired) electrons. The lowest BCUT2D eigenvalue weighted by Gasteiger charge is -2.31. The number of aromatic nitrogens is 5. The summed E-state index contributed by atoms with van der Waals surface area (Å²) in [5.41, 5.74) is 7.13. The molecule has 29 heavy (non-hydrogen) atoms. The van der Waals surface area contributed by atoms with Crippen molar-refractivity contribution in [2.45, 2.75) is 39.7 Å². The molecule has 0 unspecified atom stereocenters. The Labute approximate surface area is 169 Å². The van der Waals surface area contributed by atoms with Crippen LogP contribution in [-0.2, 0) is 0 Å². The topological polar surface area (TPSA) is 71.2 Å². The summed E-state index contributed by atoms with van der Waals surface area (Å²) < 4.78 is 3.80. The zero-order valence-electron chi connectivity index (χ0n) is 17.1. The lowest BCUT2D eigenvalue weighted by atomic mass is 10.0. The van der Waals surface area contributed by atoms with Crippen LogP contribution in [0.2, 0.25) is 0 Å². The van der Waals surface area contributed by atoms with Crippen LogP contribution in [0.4, 0.5) is 0 Å². The van der Waals surface area contributed by atoms with Gasteiger partial charge in [-0.3, -0.25) is 4.57 Å². The molecule has 4 aromatic rings. The molecule has 7 nitrogen and oxygen atoms in total. The number of piperidine rings is 1. The van der Waals surface area contributed by atoms with E-state index in [1.807, 2.05) is 17.7 Å². The molecule has 1 aliphatic rings. The Hall–Kier alpha value is -2.93. The summed E-state index contributed by atoms with van der Waals surface area (Å²) in [6.07, 6.45) is 5.60. The van der Waals surface area contributed by atoms with Crippen molar-refractivity contribution in [3.63, 3.8) is 0 Å². The van der Waals surface area contributed by atoms with Crippen LogP contribution in [0.25, 0.3) is 27.8 Å². The van der Waals surface area contributed by atoms with Crippen molar-refractivity contribution in [3.05, 3.63) is 52.3 Å². The number of nitrogens with one attached hydrogen (secondary N) is 1. The first-order valence-corrected chi connectivity index (χ1v) is 10.3. The van der Waals surface area contributed by atoms with E-state index >= 15 is 0 Å². The number of rotatable bonds is 3. The summed E-state index contributed by atoms with van der Waals surface area (Å²) in [5, 5.41) is 4.28. The number of nitrogens with zero attached hydrogens (tertiary/aromatic N) is 5. The van der Waals surface area contributed by atoms with E-state index in [0.717, 1.165) is 71.4 Å². The van der Waals surface area contributed by atoms with Crippen LogP contribution in [0.5, 0.6) is 0 Å². The van der Waals surface area contributed by atoms with E-state index in [9.17, 15) is 4.79 Å². The lowest BCUT2D eigenvalue weighted by molar-refractivity contribution is 0.195. The molecule has 1 aliphatic heterocycles. The van der Waals surface area contributed by atoms with Crippen molar-refractivity contribution >= 4 is 16.7 Å². The van der Waals surface area contributed by atoms with Gasteiger partial charge in [-0.15, -0.1) is 0 Å². The van der Waals surface area contributed by atoms with Gasteiger partial charge in [-0.05, 0) is 68.1 Å². The Morgan fingerprint density at radius 3 is 2.62 bits per heavy atom. The van der Waals surface area contributed by atoms with Gasteiger partial charge in [0.1, 0.15) is 6.33 Å². The molecule has 7 heteroatoms. The van der Waals surface area contributed by atoms with E-state index in [1.54, 1.807) is 10.8 Å². The highest BCUT2D eigenvalue weighted by atomic mass is 16.1. The van der Waals surface area contributed by atoms with Crippen molar-refractivity contribution in [1.82, 2.24) is 29.0 Å². The van der Waals surface area contributed by atoms with Crippen molar-refractivity contribution in [2.75, 3.05) is 19.6 Å². The normalized spacial score (nSPS) is 16.2. The minimum absolute atomic E-state index is 0.00175. The molecule has 1 saturated heterocycles. The van der Waals surface area contributed by atoms with Gasteiger partial charge in [0.25, 0.3) is 0 Å². The number of hydrogen-bond donors (Lipinski definition) is 1. The number of fused-ring (bicyclic) bond motifs is 2. The number of imidazole rings is 1. The number of aromatic amines is 1. The van der Waals surface area contributed by atoms with Crippen molar-refractivity contribution in [3.8, 4) is 11.1 Å². The average molecular weight is 390 g/mol. The predicted octanol–water partition coefficient (Wildman–Crippen LogP) is 3.31. The SMILES string of the molecule is CCN1CCC(n2c(=O)[nH]c3cc(-c4cc(C)c5ncnn5c4)cc(C)c32)CC1. The maximum atomic E-state index is 12.9. The molecular weight excluding hydrogens is 364 g/mol. The number of aryl methyl sites for hydroxylation is 2. The molecule has 3 aromatic heterocycles. The maximum Gasteiger partial charge on any atom is 0.326 e. The van der Waals surface area contributed by atoms with Crippen molar-refractivity contribution in [2.24, 2.45) is 0 Å². The standard InChI is InChI=1S/C22H26N6O/c1-4-26-7-5-18(6-8-26)28-20-14(2)9-16(11-19(20)25-22(28)29)17-10-15(3)21-23-13-24-27(21)12-17/h9-13,18H,4-8H2,1-3H3,(H,25,29). The number of pyridine rings is 1. The number of benzene rings is 1. The first-order chi connectivity index (χ1) is 14.0. The van der Waals surface area contributed by atoms with Crippen LogP contribution in [-0.4, -0.2) is 48.7 Å². The lowest BCUT2D eigenvalue weighted by Crippen LogP contribution is -2.36. The highest BCUT2D eigenvalue weighted by molar-refractivity contribution is 5.85. The Kier molecular flexibility index (Phi) is 4.28. The van der Waals surface area contributed by atoms with E-state index in [4.69, 9.17) is 0 Å². The van der Waals surface area contributed by atoms with Crippen LogP contribution in [0, 0.1) is 13.8 Å². The van der Waals surface area contributed by atoms with Gasteiger partial charge in [-0.2, -0.15) is 5.10 Å². The zero-order chi connectivity index (χ0) is 20.1. The Morgan fingerprint density at radius 2 is 1.86 bits per heavy atom. The Balaban J connectivity index is 1.60. The van der Waals surface area contributed by atoms with Crippen molar-refractivity contribution < 1.29 is 0 Å². The average Bonchev–Trinajstić information content (AvgIpc) is 3.32. The van der Waals surface area contributed by atoms with Gasteiger partial charge in [-0.1, -0.05) is 6.92 Å². The molecule has 0 atom stereocenters. The van der Waals surface area contributed by atoms with Crippen LogP contribution >= 0.6 is 0 Å². The van der Waals surface area contributed by atoms with E-state index in [1.165, 1.54) is 0 Å². The highest BCUT2D eigenvalue weighted by Gasteiger charge is 2.24. The fraction of sp³-hybridized carbons (Fsp3) is 0.409. The third kappa shape index (κ3) is 2.97. The van der Waals surface area contributed by atoms with Gasteiger partial charge in [0.2, 0.25) is 0 Å². The summed E-state index contributed by atoms with van der Waals surface area (Å²) in [5.74, 6) is 0. The highest BCUT2D eigenvalue weighted by Crippen LogP contribution is 2.31. The van der Waals surface area contributed by atoms with Crippen molar-refractivity contribution in [1.29, 1.82) is 0 Å². The van der Waals surface area contributed by atoms with E-state index in [0.29, 0.717) is 0 Å². The molecule has 0 spiro atoms. The Bertz CT molecular complexity index is 1260. The van der Waals surface area contributed by atoms with E-state index in [-0.39, 0.29) is 11.7 Å². The smallest absolute Gasteiger partial charge is 0.305 e.